The van der Waals surface area contributed by atoms with E-state index < -0.39 is 0 Å². The summed E-state index contributed by atoms with van der Waals surface area (Å²) < 4.78 is 1.12. The van der Waals surface area contributed by atoms with Gasteiger partial charge in [0.2, 0.25) is 5.91 Å². The summed E-state index contributed by atoms with van der Waals surface area (Å²) in [6, 6.07) is 4.48. The van der Waals surface area contributed by atoms with Crippen LogP contribution < -0.4 is 5.32 Å². The standard InChI is InChI=1S/C14H20BrNOS/c1-5-11(4)16-14(17)8-18-13-7-9(2)12(15)6-10(13)3/h6-7,11H,5,8H2,1-4H3,(H,16,17)/t11-/m1/s1. The molecule has 1 atom stereocenters. The molecule has 1 rings (SSSR count). The highest BCUT2D eigenvalue weighted by Crippen LogP contribution is 2.28. The molecule has 0 radical (unpaired) electrons. The van der Waals surface area contributed by atoms with Crippen LogP contribution in [-0.2, 0) is 4.79 Å². The molecule has 0 saturated heterocycles. The first-order valence-corrected chi connectivity index (χ1v) is 7.90. The summed E-state index contributed by atoms with van der Waals surface area (Å²) in [6.45, 7) is 8.23. The second-order valence-electron chi connectivity index (χ2n) is 4.53. The number of amides is 1. The number of halogens is 1. The topological polar surface area (TPSA) is 29.1 Å². The average Bonchev–Trinajstić information content (AvgIpc) is 2.32. The maximum absolute atomic E-state index is 11.7. The summed E-state index contributed by atoms with van der Waals surface area (Å²) in [5.74, 6) is 0.584. The number of aryl methyl sites for hydroxylation is 2. The fraction of sp³-hybridized carbons (Fsp3) is 0.500. The largest absolute Gasteiger partial charge is 0.353 e. The van der Waals surface area contributed by atoms with Crippen molar-refractivity contribution in [2.75, 3.05) is 5.75 Å². The third kappa shape index (κ3) is 4.65. The minimum atomic E-state index is 0.106. The van der Waals surface area contributed by atoms with Gasteiger partial charge in [0, 0.05) is 15.4 Å². The Bertz CT molecular complexity index is 434. The molecule has 1 aromatic carbocycles. The number of hydrogen-bond donors (Lipinski definition) is 1. The molecule has 4 heteroatoms. The van der Waals surface area contributed by atoms with Crippen molar-refractivity contribution in [1.82, 2.24) is 5.32 Å². The minimum Gasteiger partial charge on any atom is -0.353 e. The van der Waals surface area contributed by atoms with Crippen molar-refractivity contribution in [1.29, 1.82) is 0 Å². The highest BCUT2D eigenvalue weighted by Gasteiger charge is 2.08. The first kappa shape index (κ1) is 15.6. The van der Waals surface area contributed by atoms with Crippen molar-refractivity contribution in [2.24, 2.45) is 0 Å². The molecule has 0 saturated carbocycles. The zero-order chi connectivity index (χ0) is 13.7. The maximum atomic E-state index is 11.7. The lowest BCUT2D eigenvalue weighted by Gasteiger charge is -2.12. The molecule has 1 aromatic rings. The number of carbonyl (C=O) groups excluding carboxylic acids is 1. The van der Waals surface area contributed by atoms with E-state index in [0.717, 1.165) is 10.9 Å². The Morgan fingerprint density at radius 1 is 1.39 bits per heavy atom. The van der Waals surface area contributed by atoms with Gasteiger partial charge in [0.15, 0.2) is 0 Å². The molecule has 0 aliphatic heterocycles. The van der Waals surface area contributed by atoms with E-state index >= 15 is 0 Å². The van der Waals surface area contributed by atoms with Crippen LogP contribution in [0.4, 0.5) is 0 Å². The van der Waals surface area contributed by atoms with E-state index in [0.29, 0.717) is 5.75 Å². The normalized spacial score (nSPS) is 12.3. The van der Waals surface area contributed by atoms with E-state index in [1.54, 1.807) is 11.8 Å². The van der Waals surface area contributed by atoms with E-state index in [-0.39, 0.29) is 11.9 Å². The SMILES string of the molecule is CC[C@@H](C)NC(=O)CSc1cc(C)c(Br)cc1C. The number of thioether (sulfide) groups is 1. The molecule has 1 N–H and O–H groups in total. The van der Waals surface area contributed by atoms with E-state index in [9.17, 15) is 4.79 Å². The van der Waals surface area contributed by atoms with Crippen LogP contribution in [0.2, 0.25) is 0 Å². The monoisotopic (exact) mass is 329 g/mol. The van der Waals surface area contributed by atoms with Crippen molar-refractivity contribution >= 4 is 33.6 Å². The number of rotatable bonds is 5. The number of hydrogen-bond acceptors (Lipinski definition) is 2. The van der Waals surface area contributed by atoms with Crippen LogP contribution in [0.5, 0.6) is 0 Å². The van der Waals surface area contributed by atoms with Gasteiger partial charge in [-0.2, -0.15) is 0 Å². The van der Waals surface area contributed by atoms with Crippen molar-refractivity contribution < 1.29 is 4.79 Å². The molecule has 18 heavy (non-hydrogen) atoms. The van der Waals surface area contributed by atoms with Crippen molar-refractivity contribution in [3.8, 4) is 0 Å². The Balaban J connectivity index is 2.58. The molecule has 0 bridgehead atoms. The van der Waals surface area contributed by atoms with Crippen LogP contribution in [0, 0.1) is 13.8 Å². The molecular weight excluding hydrogens is 310 g/mol. The molecule has 0 aliphatic carbocycles. The van der Waals surface area contributed by atoms with Gasteiger partial charge in [0.1, 0.15) is 0 Å². The highest BCUT2D eigenvalue weighted by atomic mass is 79.9. The highest BCUT2D eigenvalue weighted by molar-refractivity contribution is 9.10. The molecule has 100 valence electrons. The molecule has 2 nitrogen and oxygen atoms in total. The van der Waals surface area contributed by atoms with Gasteiger partial charge in [-0.3, -0.25) is 4.79 Å². The summed E-state index contributed by atoms with van der Waals surface area (Å²) in [4.78, 5) is 12.9. The molecule has 0 heterocycles. The van der Waals surface area contributed by atoms with E-state index in [4.69, 9.17) is 0 Å². The molecule has 0 aliphatic rings. The average molecular weight is 330 g/mol. The quantitative estimate of drug-likeness (QED) is 0.825. The lowest BCUT2D eigenvalue weighted by molar-refractivity contribution is -0.119. The van der Waals surface area contributed by atoms with Crippen LogP contribution in [-0.4, -0.2) is 17.7 Å². The fourth-order valence-corrected chi connectivity index (χ4v) is 2.85. The predicted molar refractivity (Wildman–Crippen MR) is 82.2 cm³/mol. The number of carbonyl (C=O) groups is 1. The third-order valence-corrected chi connectivity index (χ3v) is 4.85. The zero-order valence-electron chi connectivity index (χ0n) is 11.3. The first-order valence-electron chi connectivity index (χ1n) is 6.13. The lowest BCUT2D eigenvalue weighted by atomic mass is 10.2. The van der Waals surface area contributed by atoms with Gasteiger partial charge < -0.3 is 5.32 Å². The van der Waals surface area contributed by atoms with Crippen LogP contribution >= 0.6 is 27.7 Å². The summed E-state index contributed by atoms with van der Waals surface area (Å²) in [5.41, 5.74) is 2.40. The molecule has 0 aromatic heterocycles. The van der Waals surface area contributed by atoms with Crippen LogP contribution in [0.3, 0.4) is 0 Å². The van der Waals surface area contributed by atoms with E-state index in [1.807, 2.05) is 6.92 Å². The second-order valence-corrected chi connectivity index (χ2v) is 6.40. The third-order valence-electron chi connectivity index (χ3n) is 2.83. The van der Waals surface area contributed by atoms with Crippen molar-refractivity contribution in [2.45, 2.75) is 45.1 Å². The molecule has 0 spiro atoms. The van der Waals surface area contributed by atoms with E-state index in [1.165, 1.54) is 16.0 Å². The minimum absolute atomic E-state index is 0.106. The van der Waals surface area contributed by atoms with Crippen LogP contribution in [0.25, 0.3) is 0 Å². The van der Waals surface area contributed by atoms with Gasteiger partial charge in [-0.15, -0.1) is 11.8 Å². The number of nitrogens with one attached hydrogen (secondary N) is 1. The molecule has 0 fully saturated rings. The van der Waals surface area contributed by atoms with Gasteiger partial charge in [0.25, 0.3) is 0 Å². The van der Waals surface area contributed by atoms with Crippen molar-refractivity contribution in [3.63, 3.8) is 0 Å². The Labute approximate surface area is 122 Å². The molecule has 1 amide bonds. The summed E-state index contributed by atoms with van der Waals surface area (Å²) >= 11 is 5.11. The van der Waals surface area contributed by atoms with Gasteiger partial charge in [-0.25, -0.2) is 0 Å². The predicted octanol–water partition coefficient (Wildman–Crippen LogP) is 4.07. The van der Waals surface area contributed by atoms with Gasteiger partial charge in [-0.1, -0.05) is 22.9 Å². The van der Waals surface area contributed by atoms with Gasteiger partial charge in [0.05, 0.1) is 5.75 Å². The Morgan fingerprint density at radius 3 is 2.67 bits per heavy atom. The lowest BCUT2D eigenvalue weighted by Crippen LogP contribution is -2.33. The van der Waals surface area contributed by atoms with Crippen LogP contribution in [0.1, 0.15) is 31.4 Å². The first-order chi connectivity index (χ1) is 8.43. The maximum Gasteiger partial charge on any atom is 0.230 e. The van der Waals surface area contributed by atoms with Crippen LogP contribution in [0.15, 0.2) is 21.5 Å². The Morgan fingerprint density at radius 2 is 2.06 bits per heavy atom. The fourth-order valence-electron chi connectivity index (χ4n) is 1.47. The van der Waals surface area contributed by atoms with E-state index in [2.05, 4.69) is 54.2 Å². The summed E-state index contributed by atoms with van der Waals surface area (Å²) in [5, 5.41) is 2.98. The molecule has 0 unspecified atom stereocenters. The Hall–Kier alpha value is -0.480. The summed E-state index contributed by atoms with van der Waals surface area (Å²) in [6.07, 6.45) is 0.965. The number of benzene rings is 1. The Kier molecular flexibility index (Phi) is 6.22. The van der Waals surface area contributed by atoms with Gasteiger partial charge in [-0.05, 0) is 50.5 Å². The molecular formula is C14H20BrNOS. The smallest absolute Gasteiger partial charge is 0.230 e. The van der Waals surface area contributed by atoms with Crippen molar-refractivity contribution in [3.05, 3.63) is 27.7 Å². The zero-order valence-corrected chi connectivity index (χ0v) is 13.7. The summed E-state index contributed by atoms with van der Waals surface area (Å²) in [7, 11) is 0. The van der Waals surface area contributed by atoms with Gasteiger partial charge >= 0.3 is 0 Å². The second kappa shape index (κ2) is 7.19.